The highest BCUT2D eigenvalue weighted by molar-refractivity contribution is 7.92. The van der Waals surface area contributed by atoms with Crippen LogP contribution in [0, 0.1) is 6.92 Å². The Kier molecular flexibility index (Phi) is 4.10. The molecule has 0 radical (unpaired) electrons. The van der Waals surface area contributed by atoms with Crippen LogP contribution < -0.4 is 0 Å². The van der Waals surface area contributed by atoms with E-state index in [2.05, 4.69) is 4.98 Å². The van der Waals surface area contributed by atoms with Gasteiger partial charge in [0, 0.05) is 12.8 Å². The van der Waals surface area contributed by atoms with Crippen LogP contribution in [-0.2, 0) is 16.4 Å². The highest BCUT2D eigenvalue weighted by atomic mass is 35.5. The molecule has 116 valence electrons. The number of imidazole rings is 1. The van der Waals surface area contributed by atoms with Crippen LogP contribution in [0.5, 0.6) is 0 Å². The molecule has 2 aromatic rings. The summed E-state index contributed by atoms with van der Waals surface area (Å²) in [5.41, 5.74) is 2.86. The highest BCUT2D eigenvalue weighted by Crippen LogP contribution is 2.29. The van der Waals surface area contributed by atoms with Crippen LogP contribution >= 0.6 is 11.6 Å². The van der Waals surface area contributed by atoms with E-state index < -0.39 is 14.6 Å². The summed E-state index contributed by atoms with van der Waals surface area (Å²) in [5, 5.41) is -0.285. The molecule has 0 N–H and O–H groups in total. The first-order valence-corrected chi connectivity index (χ1v) is 9.17. The summed E-state index contributed by atoms with van der Waals surface area (Å²) in [7, 11) is -3.19. The molecule has 0 aliphatic carbocycles. The average Bonchev–Trinajstić information content (AvgIpc) is 2.68. The van der Waals surface area contributed by atoms with Crippen molar-refractivity contribution in [1.29, 1.82) is 0 Å². The topological polar surface area (TPSA) is 52.0 Å². The molecular formula is C15H21ClN2O2S. The molecule has 1 aromatic heterocycles. The second-order valence-corrected chi connectivity index (χ2v) is 9.45. The Morgan fingerprint density at radius 2 is 2.00 bits per heavy atom. The molecule has 1 aromatic carbocycles. The number of aromatic nitrogens is 2. The Morgan fingerprint density at radius 3 is 2.52 bits per heavy atom. The van der Waals surface area contributed by atoms with Gasteiger partial charge in [0.05, 0.1) is 21.2 Å². The third-order valence-electron chi connectivity index (χ3n) is 3.91. The Balaban J connectivity index is 2.68. The van der Waals surface area contributed by atoms with Gasteiger partial charge in [0.2, 0.25) is 0 Å². The lowest BCUT2D eigenvalue weighted by atomic mass is 10.2. The van der Waals surface area contributed by atoms with Gasteiger partial charge in [-0.05, 0) is 39.3 Å². The van der Waals surface area contributed by atoms with E-state index in [1.165, 1.54) is 6.26 Å². The Labute approximate surface area is 131 Å². The number of aryl methyl sites for hydroxylation is 1. The van der Waals surface area contributed by atoms with Crippen molar-refractivity contribution in [1.82, 2.24) is 9.55 Å². The largest absolute Gasteiger partial charge is 0.325 e. The average molecular weight is 329 g/mol. The van der Waals surface area contributed by atoms with Crippen molar-refractivity contribution in [3.63, 3.8) is 0 Å². The first-order chi connectivity index (χ1) is 9.54. The van der Waals surface area contributed by atoms with Crippen LogP contribution in [0.4, 0.5) is 0 Å². The molecule has 21 heavy (non-hydrogen) atoms. The molecule has 1 heterocycles. The summed E-state index contributed by atoms with van der Waals surface area (Å²) in [6.45, 7) is 7.63. The number of fused-ring (bicyclic) bond motifs is 1. The Bertz CT molecular complexity index is 776. The lowest BCUT2D eigenvalue weighted by molar-refractivity contribution is 0.499. The molecule has 0 aliphatic rings. The molecule has 0 amide bonds. The number of sulfone groups is 1. The summed E-state index contributed by atoms with van der Waals surface area (Å²) in [5.74, 6) is 0.706. The molecule has 0 fully saturated rings. The van der Waals surface area contributed by atoms with Crippen molar-refractivity contribution in [2.75, 3.05) is 6.26 Å². The van der Waals surface area contributed by atoms with E-state index >= 15 is 0 Å². The monoisotopic (exact) mass is 328 g/mol. The van der Waals surface area contributed by atoms with Gasteiger partial charge in [-0.15, -0.1) is 11.6 Å². The maximum atomic E-state index is 12.0. The Hall–Kier alpha value is -1.07. The van der Waals surface area contributed by atoms with E-state index in [1.54, 1.807) is 13.8 Å². The molecule has 0 aliphatic heterocycles. The summed E-state index contributed by atoms with van der Waals surface area (Å²) < 4.78 is 25.0. The van der Waals surface area contributed by atoms with E-state index in [-0.39, 0.29) is 5.38 Å². The first-order valence-electron chi connectivity index (χ1n) is 6.84. The normalized spacial score (nSPS) is 14.6. The third kappa shape index (κ3) is 2.94. The maximum Gasteiger partial charge on any atom is 0.154 e. The zero-order valence-corrected chi connectivity index (χ0v) is 14.6. The number of rotatable bonds is 4. The fourth-order valence-electron chi connectivity index (χ4n) is 2.27. The van der Waals surface area contributed by atoms with Crippen molar-refractivity contribution in [3.8, 4) is 0 Å². The number of halogens is 1. The third-order valence-corrected chi connectivity index (χ3v) is 6.24. The van der Waals surface area contributed by atoms with Gasteiger partial charge in [-0.1, -0.05) is 12.1 Å². The standard InChI is InChI=1S/C15H21ClN2O2S/c1-10-7-6-8-12-13(10)17-14(11(2)16)18(12)9-15(3,4)21(5,19)20/h6-8,11H,9H2,1-5H3. The van der Waals surface area contributed by atoms with Crippen molar-refractivity contribution in [2.24, 2.45) is 0 Å². The lowest BCUT2D eigenvalue weighted by Crippen LogP contribution is -2.36. The number of para-hydroxylation sites is 1. The van der Waals surface area contributed by atoms with Crippen LogP contribution in [0.15, 0.2) is 18.2 Å². The van der Waals surface area contributed by atoms with Crippen molar-refractivity contribution in [3.05, 3.63) is 29.6 Å². The van der Waals surface area contributed by atoms with E-state index in [9.17, 15) is 8.42 Å². The van der Waals surface area contributed by atoms with Gasteiger partial charge in [-0.25, -0.2) is 13.4 Å². The molecular weight excluding hydrogens is 308 g/mol. The molecule has 0 saturated heterocycles. The molecule has 1 unspecified atom stereocenters. The minimum Gasteiger partial charge on any atom is -0.325 e. The number of hydrogen-bond donors (Lipinski definition) is 0. The zero-order chi connectivity index (χ0) is 16.0. The van der Waals surface area contributed by atoms with E-state index in [4.69, 9.17) is 11.6 Å². The molecule has 4 nitrogen and oxygen atoms in total. The van der Waals surface area contributed by atoms with Gasteiger partial charge in [0.1, 0.15) is 5.82 Å². The summed E-state index contributed by atoms with van der Waals surface area (Å²) >= 11 is 6.24. The van der Waals surface area contributed by atoms with Gasteiger partial charge in [-0.3, -0.25) is 0 Å². The van der Waals surface area contributed by atoms with E-state index in [0.717, 1.165) is 16.6 Å². The lowest BCUT2D eigenvalue weighted by Gasteiger charge is -2.25. The van der Waals surface area contributed by atoms with Gasteiger partial charge >= 0.3 is 0 Å². The molecule has 0 bridgehead atoms. The molecule has 2 rings (SSSR count). The predicted octanol–water partition coefficient (Wildman–Crippen LogP) is 3.47. The van der Waals surface area contributed by atoms with Crippen LogP contribution in [0.2, 0.25) is 0 Å². The first kappa shape index (κ1) is 16.3. The Morgan fingerprint density at radius 1 is 1.38 bits per heavy atom. The van der Waals surface area contributed by atoms with Gasteiger partial charge in [-0.2, -0.15) is 0 Å². The molecule has 1 atom stereocenters. The second kappa shape index (κ2) is 5.29. The van der Waals surface area contributed by atoms with Gasteiger partial charge < -0.3 is 4.57 Å². The quantitative estimate of drug-likeness (QED) is 0.807. The number of alkyl halides is 1. The van der Waals surface area contributed by atoms with Crippen molar-refractivity contribution < 1.29 is 8.42 Å². The summed E-state index contributed by atoms with van der Waals surface area (Å²) in [4.78, 5) is 4.61. The number of benzene rings is 1. The zero-order valence-electron chi connectivity index (χ0n) is 13.0. The van der Waals surface area contributed by atoms with Crippen LogP contribution in [0.3, 0.4) is 0 Å². The maximum absolute atomic E-state index is 12.0. The molecule has 6 heteroatoms. The van der Waals surface area contributed by atoms with Crippen molar-refractivity contribution in [2.45, 2.75) is 44.4 Å². The van der Waals surface area contributed by atoms with Crippen molar-refractivity contribution >= 4 is 32.5 Å². The van der Waals surface area contributed by atoms with Crippen LogP contribution in [-0.4, -0.2) is 29.0 Å². The fraction of sp³-hybridized carbons (Fsp3) is 0.533. The van der Waals surface area contributed by atoms with Crippen LogP contribution in [0.25, 0.3) is 11.0 Å². The molecule has 0 spiro atoms. The van der Waals surface area contributed by atoms with Crippen LogP contribution in [0.1, 0.15) is 37.5 Å². The number of hydrogen-bond acceptors (Lipinski definition) is 3. The highest BCUT2D eigenvalue weighted by Gasteiger charge is 2.32. The summed E-state index contributed by atoms with van der Waals surface area (Å²) in [6.07, 6.45) is 1.27. The van der Waals surface area contributed by atoms with E-state index in [0.29, 0.717) is 12.4 Å². The van der Waals surface area contributed by atoms with Gasteiger partial charge in [0.25, 0.3) is 0 Å². The van der Waals surface area contributed by atoms with Gasteiger partial charge in [0.15, 0.2) is 9.84 Å². The fourth-order valence-corrected chi connectivity index (χ4v) is 2.80. The smallest absolute Gasteiger partial charge is 0.154 e. The minimum atomic E-state index is -3.19. The van der Waals surface area contributed by atoms with E-state index in [1.807, 2.05) is 36.6 Å². The predicted molar refractivity (Wildman–Crippen MR) is 87.7 cm³/mol. The number of nitrogens with zero attached hydrogens (tertiary/aromatic N) is 2. The summed E-state index contributed by atoms with van der Waals surface area (Å²) in [6, 6.07) is 5.90. The minimum absolute atomic E-state index is 0.285. The molecule has 0 saturated carbocycles. The second-order valence-electron chi connectivity index (χ2n) is 6.15. The SMILES string of the molecule is Cc1cccc2c1nc(C(C)Cl)n2CC(C)(C)S(C)(=O)=O.